The van der Waals surface area contributed by atoms with Gasteiger partial charge in [0.1, 0.15) is 0 Å². The zero-order chi connectivity index (χ0) is 16.4. The molecule has 0 atom stereocenters. The van der Waals surface area contributed by atoms with Crippen LogP contribution in [-0.4, -0.2) is 17.5 Å². The van der Waals surface area contributed by atoms with Crippen molar-refractivity contribution < 1.29 is 18.3 Å². The van der Waals surface area contributed by atoms with Crippen LogP contribution in [0.1, 0.15) is 26.2 Å². The Balaban J connectivity index is 1.77. The number of ether oxygens (including phenoxy) is 1. The van der Waals surface area contributed by atoms with Crippen molar-refractivity contribution in [3.63, 3.8) is 0 Å². The van der Waals surface area contributed by atoms with Crippen molar-refractivity contribution in [2.24, 2.45) is 5.92 Å². The normalized spacial score (nSPS) is 14.4. The first-order valence-corrected chi connectivity index (χ1v) is 8.26. The summed E-state index contributed by atoms with van der Waals surface area (Å²) in [7, 11) is 0. The number of halogens is 2. The largest absolute Gasteiger partial charge is 0.487 e. The summed E-state index contributed by atoms with van der Waals surface area (Å²) < 4.78 is 33.5. The molecule has 0 unspecified atom stereocenters. The van der Waals surface area contributed by atoms with E-state index in [-0.39, 0.29) is 11.7 Å². The Morgan fingerprint density at radius 1 is 1.39 bits per heavy atom. The maximum atomic E-state index is 14.1. The molecule has 1 aromatic carbocycles. The standard InChI is InChI=1S/C16H16F2N2O2S/c1-9(21)19-16-20-14(8-23-16)11-5-12(17)15(13(18)6-11)22-7-10-3-2-4-10/h5-6,8,10H,2-4,7H2,1H3,(H,19,20,21). The Morgan fingerprint density at radius 2 is 2.09 bits per heavy atom. The topological polar surface area (TPSA) is 51.2 Å². The zero-order valence-corrected chi connectivity index (χ0v) is 13.4. The third kappa shape index (κ3) is 3.67. The van der Waals surface area contributed by atoms with Gasteiger partial charge in [-0.3, -0.25) is 4.79 Å². The first kappa shape index (κ1) is 15.9. The molecule has 2 aromatic rings. The minimum Gasteiger partial charge on any atom is -0.487 e. The average Bonchev–Trinajstić information content (AvgIpc) is 2.87. The van der Waals surface area contributed by atoms with E-state index in [1.807, 2.05) is 0 Å². The monoisotopic (exact) mass is 338 g/mol. The molecule has 1 aliphatic rings. The molecule has 3 rings (SSSR count). The predicted octanol–water partition coefficient (Wildman–Crippen LogP) is 4.23. The molecule has 1 N–H and O–H groups in total. The van der Waals surface area contributed by atoms with Gasteiger partial charge in [-0.05, 0) is 30.9 Å². The number of hydrogen-bond acceptors (Lipinski definition) is 4. The third-order valence-electron chi connectivity index (χ3n) is 3.77. The van der Waals surface area contributed by atoms with Gasteiger partial charge in [-0.15, -0.1) is 11.3 Å². The molecular formula is C16H16F2N2O2S. The smallest absolute Gasteiger partial charge is 0.223 e. The lowest BCUT2D eigenvalue weighted by atomic mass is 9.86. The van der Waals surface area contributed by atoms with Crippen molar-refractivity contribution in [2.75, 3.05) is 11.9 Å². The van der Waals surface area contributed by atoms with E-state index in [9.17, 15) is 13.6 Å². The molecule has 122 valence electrons. The minimum atomic E-state index is -0.742. The van der Waals surface area contributed by atoms with Gasteiger partial charge < -0.3 is 10.1 Å². The molecule has 0 radical (unpaired) electrons. The number of amides is 1. The number of nitrogens with zero attached hydrogens (tertiary/aromatic N) is 1. The Bertz CT molecular complexity index is 706. The van der Waals surface area contributed by atoms with Crippen molar-refractivity contribution in [2.45, 2.75) is 26.2 Å². The molecule has 4 nitrogen and oxygen atoms in total. The predicted molar refractivity (Wildman–Crippen MR) is 84.6 cm³/mol. The van der Waals surface area contributed by atoms with Crippen molar-refractivity contribution in [1.82, 2.24) is 4.98 Å². The molecule has 1 heterocycles. The van der Waals surface area contributed by atoms with Crippen LogP contribution in [-0.2, 0) is 4.79 Å². The van der Waals surface area contributed by atoms with E-state index in [0.717, 1.165) is 19.3 Å². The van der Waals surface area contributed by atoms with Gasteiger partial charge in [-0.2, -0.15) is 0 Å². The molecule has 0 bridgehead atoms. The molecule has 1 aliphatic carbocycles. The van der Waals surface area contributed by atoms with Gasteiger partial charge in [-0.1, -0.05) is 6.42 Å². The second-order valence-electron chi connectivity index (χ2n) is 5.60. The summed E-state index contributed by atoms with van der Waals surface area (Å²) in [5, 5.41) is 4.56. The number of anilines is 1. The molecule has 1 aromatic heterocycles. The fourth-order valence-corrected chi connectivity index (χ4v) is 3.09. The van der Waals surface area contributed by atoms with Crippen molar-refractivity contribution in [3.8, 4) is 17.0 Å². The Kier molecular flexibility index (Phi) is 4.56. The SMILES string of the molecule is CC(=O)Nc1nc(-c2cc(F)c(OCC3CCC3)c(F)c2)cs1. The van der Waals surface area contributed by atoms with E-state index >= 15 is 0 Å². The number of benzene rings is 1. The highest BCUT2D eigenvalue weighted by molar-refractivity contribution is 7.14. The van der Waals surface area contributed by atoms with Crippen LogP contribution in [0.25, 0.3) is 11.3 Å². The highest BCUT2D eigenvalue weighted by atomic mass is 32.1. The van der Waals surface area contributed by atoms with Gasteiger partial charge in [0, 0.05) is 17.9 Å². The molecule has 1 saturated carbocycles. The highest BCUT2D eigenvalue weighted by Crippen LogP contribution is 2.32. The Labute approximate surface area is 136 Å². The van der Waals surface area contributed by atoms with Gasteiger partial charge in [0.15, 0.2) is 22.5 Å². The summed E-state index contributed by atoms with van der Waals surface area (Å²) in [5.41, 5.74) is 0.714. The van der Waals surface area contributed by atoms with Crippen LogP contribution in [0.15, 0.2) is 17.5 Å². The summed E-state index contributed by atoms with van der Waals surface area (Å²) in [5.74, 6) is -1.67. The lowest BCUT2D eigenvalue weighted by Gasteiger charge is -2.25. The van der Waals surface area contributed by atoms with E-state index in [1.54, 1.807) is 5.38 Å². The van der Waals surface area contributed by atoms with Crippen molar-refractivity contribution in [3.05, 3.63) is 29.1 Å². The summed E-state index contributed by atoms with van der Waals surface area (Å²) in [6, 6.07) is 2.40. The quantitative estimate of drug-likeness (QED) is 0.888. The fraction of sp³-hybridized carbons (Fsp3) is 0.375. The van der Waals surface area contributed by atoms with Gasteiger partial charge in [0.2, 0.25) is 5.91 Å². The summed E-state index contributed by atoms with van der Waals surface area (Å²) in [6.45, 7) is 1.71. The number of hydrogen-bond donors (Lipinski definition) is 1. The van der Waals surface area contributed by atoms with E-state index in [4.69, 9.17) is 4.74 Å². The maximum Gasteiger partial charge on any atom is 0.223 e. The Hall–Kier alpha value is -2.02. The number of carbonyl (C=O) groups excluding carboxylic acids is 1. The van der Waals surface area contributed by atoms with Crippen molar-refractivity contribution in [1.29, 1.82) is 0 Å². The van der Waals surface area contributed by atoms with E-state index in [2.05, 4.69) is 10.3 Å². The first-order valence-electron chi connectivity index (χ1n) is 7.38. The third-order valence-corrected chi connectivity index (χ3v) is 4.53. The van der Waals surface area contributed by atoms with Crippen LogP contribution in [0.5, 0.6) is 5.75 Å². The van der Waals surface area contributed by atoms with Gasteiger partial charge in [0.05, 0.1) is 12.3 Å². The summed E-state index contributed by atoms with van der Waals surface area (Å²) in [6.07, 6.45) is 3.25. The van der Waals surface area contributed by atoms with Gasteiger partial charge in [-0.25, -0.2) is 13.8 Å². The van der Waals surface area contributed by atoms with E-state index in [0.29, 0.717) is 28.9 Å². The molecule has 0 saturated heterocycles. The van der Waals surface area contributed by atoms with Gasteiger partial charge in [0.25, 0.3) is 0 Å². The number of nitrogens with one attached hydrogen (secondary N) is 1. The first-order chi connectivity index (χ1) is 11.0. The second-order valence-corrected chi connectivity index (χ2v) is 6.45. The lowest BCUT2D eigenvalue weighted by Crippen LogP contribution is -2.20. The molecule has 0 aliphatic heterocycles. The van der Waals surface area contributed by atoms with Crippen LogP contribution in [0.2, 0.25) is 0 Å². The number of aromatic nitrogens is 1. The van der Waals surface area contributed by atoms with E-state index in [1.165, 1.54) is 30.4 Å². The van der Waals surface area contributed by atoms with Crippen LogP contribution < -0.4 is 10.1 Å². The fourth-order valence-electron chi connectivity index (χ4n) is 2.32. The van der Waals surface area contributed by atoms with E-state index < -0.39 is 11.6 Å². The molecular weight excluding hydrogens is 322 g/mol. The van der Waals surface area contributed by atoms with Crippen LogP contribution in [0, 0.1) is 17.6 Å². The average molecular weight is 338 g/mol. The second kappa shape index (κ2) is 6.62. The lowest BCUT2D eigenvalue weighted by molar-refractivity contribution is -0.114. The number of thiazole rings is 1. The molecule has 23 heavy (non-hydrogen) atoms. The Morgan fingerprint density at radius 3 is 2.65 bits per heavy atom. The number of rotatable bonds is 5. The molecule has 1 amide bonds. The summed E-state index contributed by atoms with van der Waals surface area (Å²) >= 11 is 1.19. The zero-order valence-electron chi connectivity index (χ0n) is 12.6. The minimum absolute atomic E-state index is 0.247. The molecule has 1 fully saturated rings. The van der Waals surface area contributed by atoms with Crippen LogP contribution >= 0.6 is 11.3 Å². The molecule has 7 heteroatoms. The number of carbonyl (C=O) groups is 1. The van der Waals surface area contributed by atoms with Gasteiger partial charge >= 0.3 is 0 Å². The van der Waals surface area contributed by atoms with Crippen LogP contribution in [0.3, 0.4) is 0 Å². The molecule has 0 spiro atoms. The van der Waals surface area contributed by atoms with Crippen LogP contribution in [0.4, 0.5) is 13.9 Å². The van der Waals surface area contributed by atoms with Crippen molar-refractivity contribution >= 4 is 22.4 Å². The highest BCUT2D eigenvalue weighted by Gasteiger charge is 2.21. The summed E-state index contributed by atoms with van der Waals surface area (Å²) in [4.78, 5) is 15.1. The maximum absolute atomic E-state index is 14.1.